The first-order chi connectivity index (χ1) is 8.22. The van der Waals surface area contributed by atoms with Gasteiger partial charge in [-0.3, -0.25) is 4.79 Å². The van der Waals surface area contributed by atoms with Gasteiger partial charge < -0.3 is 10.4 Å². The Hall–Kier alpha value is -1.00. The van der Waals surface area contributed by atoms with E-state index >= 15 is 0 Å². The number of hydrogen-bond donors (Lipinski definition) is 2. The summed E-state index contributed by atoms with van der Waals surface area (Å²) in [6.45, 7) is 2.01. The molecule has 1 aromatic rings. The van der Waals surface area contributed by atoms with Gasteiger partial charge in [0, 0.05) is 18.4 Å². The molecule has 0 bridgehead atoms. The maximum absolute atomic E-state index is 11.5. The van der Waals surface area contributed by atoms with Crippen molar-refractivity contribution in [3.05, 3.63) is 35.9 Å². The minimum Gasteiger partial charge on any atom is -0.396 e. The number of aliphatic hydroxyl groups is 1. The van der Waals surface area contributed by atoms with E-state index in [9.17, 15) is 4.79 Å². The average Bonchev–Trinajstić information content (AvgIpc) is 2.30. The Morgan fingerprint density at radius 3 is 2.76 bits per heavy atom. The average molecular weight is 253 g/mol. The highest BCUT2D eigenvalue weighted by Crippen LogP contribution is 2.11. The van der Waals surface area contributed by atoms with Crippen LogP contribution in [0.5, 0.6) is 0 Å². The molecule has 94 valence electrons. The number of amides is 1. The van der Waals surface area contributed by atoms with Crippen molar-refractivity contribution < 1.29 is 9.90 Å². The summed E-state index contributed by atoms with van der Waals surface area (Å²) in [7, 11) is 0. The van der Waals surface area contributed by atoms with Crippen LogP contribution in [0.25, 0.3) is 0 Å². The molecule has 2 N–H and O–H groups in total. The first kappa shape index (κ1) is 14.1. The summed E-state index contributed by atoms with van der Waals surface area (Å²) in [5, 5.41) is 11.6. The third-order valence-electron chi connectivity index (χ3n) is 2.31. The van der Waals surface area contributed by atoms with Gasteiger partial charge in [0.15, 0.2) is 0 Å². The zero-order valence-corrected chi connectivity index (χ0v) is 10.9. The van der Waals surface area contributed by atoms with Gasteiger partial charge in [-0.2, -0.15) is 0 Å². The van der Waals surface area contributed by atoms with Crippen LogP contribution < -0.4 is 5.32 Å². The molecule has 4 heteroatoms. The highest BCUT2D eigenvalue weighted by atomic mass is 32.2. The van der Waals surface area contributed by atoms with E-state index in [1.54, 1.807) is 11.8 Å². The summed E-state index contributed by atoms with van der Waals surface area (Å²) >= 11 is 1.60. The lowest BCUT2D eigenvalue weighted by Crippen LogP contribution is -2.34. The lowest BCUT2D eigenvalue weighted by molar-refractivity contribution is -0.119. The molecule has 0 aliphatic rings. The van der Waals surface area contributed by atoms with E-state index in [2.05, 4.69) is 17.4 Å². The molecule has 0 spiro atoms. The number of aliphatic hydroxyl groups excluding tert-OH is 1. The van der Waals surface area contributed by atoms with Crippen molar-refractivity contribution in [2.45, 2.75) is 25.1 Å². The van der Waals surface area contributed by atoms with E-state index in [1.807, 2.05) is 25.1 Å². The molecule has 3 nitrogen and oxygen atoms in total. The van der Waals surface area contributed by atoms with Gasteiger partial charge >= 0.3 is 0 Å². The van der Waals surface area contributed by atoms with Gasteiger partial charge in [-0.25, -0.2) is 0 Å². The fourth-order valence-electron chi connectivity index (χ4n) is 1.42. The van der Waals surface area contributed by atoms with Crippen molar-refractivity contribution in [1.82, 2.24) is 5.32 Å². The second-order valence-electron chi connectivity index (χ2n) is 3.96. The maximum atomic E-state index is 11.5. The molecule has 0 aromatic heterocycles. The fourth-order valence-corrected chi connectivity index (χ4v) is 2.22. The maximum Gasteiger partial charge on any atom is 0.230 e. The number of carbonyl (C=O) groups excluding carboxylic acids is 1. The van der Waals surface area contributed by atoms with Gasteiger partial charge in [0.1, 0.15) is 0 Å². The van der Waals surface area contributed by atoms with Gasteiger partial charge in [-0.15, -0.1) is 11.8 Å². The number of carbonyl (C=O) groups is 1. The molecule has 1 unspecified atom stereocenters. The zero-order valence-electron chi connectivity index (χ0n) is 10.1. The molecular formula is C13H19NO2S. The molecule has 17 heavy (non-hydrogen) atoms. The Balaban J connectivity index is 2.16. The number of thioether (sulfide) groups is 1. The Morgan fingerprint density at radius 1 is 1.41 bits per heavy atom. The Kier molecular flexibility index (Phi) is 6.74. The summed E-state index contributed by atoms with van der Waals surface area (Å²) < 4.78 is 0. The predicted octanol–water partition coefficient (Wildman–Crippen LogP) is 1.81. The van der Waals surface area contributed by atoms with Gasteiger partial charge in [0.2, 0.25) is 5.91 Å². The minimum atomic E-state index is 0.0341. The summed E-state index contributed by atoms with van der Waals surface area (Å²) in [5.41, 5.74) is 1.23. The molecule has 0 saturated heterocycles. The van der Waals surface area contributed by atoms with Crippen molar-refractivity contribution in [1.29, 1.82) is 0 Å². The van der Waals surface area contributed by atoms with E-state index in [1.165, 1.54) is 5.56 Å². The van der Waals surface area contributed by atoms with Crippen molar-refractivity contribution in [2.75, 3.05) is 12.4 Å². The van der Waals surface area contributed by atoms with Crippen molar-refractivity contribution in [3.63, 3.8) is 0 Å². The standard InChI is InChI=1S/C13H19NO2S/c1-11(7-8-15)14-13(16)10-17-9-12-5-3-2-4-6-12/h2-6,11,15H,7-10H2,1H3,(H,14,16). The molecule has 0 aliphatic heterocycles. The SMILES string of the molecule is CC(CCO)NC(=O)CSCc1ccccc1. The highest BCUT2D eigenvalue weighted by Gasteiger charge is 2.06. The number of nitrogens with one attached hydrogen (secondary N) is 1. The van der Waals surface area contributed by atoms with Crippen LogP contribution in [0.3, 0.4) is 0 Å². The topological polar surface area (TPSA) is 49.3 Å². The molecule has 0 aliphatic carbocycles. The fraction of sp³-hybridized carbons (Fsp3) is 0.462. The summed E-state index contributed by atoms with van der Waals surface area (Å²) in [5.74, 6) is 1.35. The molecular weight excluding hydrogens is 234 g/mol. The first-order valence-electron chi connectivity index (χ1n) is 5.74. The minimum absolute atomic E-state index is 0.0341. The molecule has 0 heterocycles. The van der Waals surface area contributed by atoms with E-state index in [-0.39, 0.29) is 18.6 Å². The second kappa shape index (κ2) is 8.14. The van der Waals surface area contributed by atoms with Crippen molar-refractivity contribution in [3.8, 4) is 0 Å². The van der Waals surface area contributed by atoms with Gasteiger partial charge in [0.25, 0.3) is 0 Å². The summed E-state index contributed by atoms with van der Waals surface area (Å²) in [6.07, 6.45) is 0.606. The number of rotatable bonds is 7. The van der Waals surface area contributed by atoms with E-state index in [0.29, 0.717) is 12.2 Å². The van der Waals surface area contributed by atoms with Crippen LogP contribution in [0.4, 0.5) is 0 Å². The van der Waals surface area contributed by atoms with Crippen molar-refractivity contribution in [2.24, 2.45) is 0 Å². The largest absolute Gasteiger partial charge is 0.396 e. The molecule has 0 saturated carbocycles. The Bertz CT molecular complexity index is 329. The normalized spacial score (nSPS) is 12.1. The van der Waals surface area contributed by atoms with Gasteiger partial charge in [0.05, 0.1) is 5.75 Å². The quantitative estimate of drug-likeness (QED) is 0.779. The summed E-state index contributed by atoms with van der Waals surface area (Å²) in [4.78, 5) is 11.5. The van der Waals surface area contributed by atoms with Crippen LogP contribution in [0.15, 0.2) is 30.3 Å². The van der Waals surface area contributed by atoms with E-state index in [4.69, 9.17) is 5.11 Å². The number of benzene rings is 1. The smallest absolute Gasteiger partial charge is 0.230 e. The third-order valence-corrected chi connectivity index (χ3v) is 3.32. The van der Waals surface area contributed by atoms with Crippen LogP contribution in [-0.4, -0.2) is 29.4 Å². The van der Waals surface area contributed by atoms with E-state index < -0.39 is 0 Å². The predicted molar refractivity (Wildman–Crippen MR) is 71.9 cm³/mol. The van der Waals surface area contributed by atoms with Crippen molar-refractivity contribution >= 4 is 17.7 Å². The molecule has 0 radical (unpaired) electrons. The number of hydrogen-bond acceptors (Lipinski definition) is 3. The molecule has 1 atom stereocenters. The lowest BCUT2D eigenvalue weighted by Gasteiger charge is -2.11. The molecule has 1 aromatic carbocycles. The van der Waals surface area contributed by atoms with Crippen LogP contribution in [0.1, 0.15) is 18.9 Å². The van der Waals surface area contributed by atoms with Crippen LogP contribution in [0.2, 0.25) is 0 Å². The van der Waals surface area contributed by atoms with Crippen LogP contribution in [-0.2, 0) is 10.5 Å². The third kappa shape index (κ3) is 6.34. The zero-order chi connectivity index (χ0) is 12.5. The van der Waals surface area contributed by atoms with Gasteiger partial charge in [-0.1, -0.05) is 30.3 Å². The molecule has 1 amide bonds. The summed E-state index contributed by atoms with van der Waals surface area (Å²) in [6, 6.07) is 10.1. The Labute approximate surface area is 107 Å². The lowest BCUT2D eigenvalue weighted by atomic mass is 10.2. The second-order valence-corrected chi connectivity index (χ2v) is 4.94. The van der Waals surface area contributed by atoms with Gasteiger partial charge in [-0.05, 0) is 18.9 Å². The highest BCUT2D eigenvalue weighted by molar-refractivity contribution is 7.99. The molecule has 1 rings (SSSR count). The monoisotopic (exact) mass is 253 g/mol. The van der Waals surface area contributed by atoms with Crippen LogP contribution in [0, 0.1) is 0 Å². The Morgan fingerprint density at radius 2 is 2.12 bits per heavy atom. The van der Waals surface area contributed by atoms with E-state index in [0.717, 1.165) is 5.75 Å². The van der Waals surface area contributed by atoms with Crippen LogP contribution >= 0.6 is 11.8 Å². The first-order valence-corrected chi connectivity index (χ1v) is 6.89. The molecule has 0 fully saturated rings.